The van der Waals surface area contributed by atoms with Gasteiger partial charge in [0.1, 0.15) is 0 Å². The molecule has 0 spiro atoms. The summed E-state index contributed by atoms with van der Waals surface area (Å²) in [5.74, 6) is 0. The molecule has 0 amide bonds. The van der Waals surface area contributed by atoms with E-state index < -0.39 is 8.07 Å². The van der Waals surface area contributed by atoms with Crippen molar-refractivity contribution in [2.75, 3.05) is 0 Å². The van der Waals surface area contributed by atoms with Gasteiger partial charge in [0.25, 0.3) is 0 Å². The Morgan fingerprint density at radius 3 is 2.19 bits per heavy atom. The van der Waals surface area contributed by atoms with Crippen molar-refractivity contribution in [2.24, 2.45) is 0 Å². The van der Waals surface area contributed by atoms with Crippen LogP contribution in [0.5, 0.6) is 0 Å². The molecule has 1 atom stereocenters. The van der Waals surface area contributed by atoms with Crippen molar-refractivity contribution < 1.29 is 51.0 Å². The normalized spacial score (nSPS) is 16.6. The average Bonchev–Trinajstić information content (AvgIpc) is 3.38. The predicted molar refractivity (Wildman–Crippen MR) is 132 cm³/mol. The number of thiophene rings is 1. The van der Waals surface area contributed by atoms with Crippen LogP contribution in [0.1, 0.15) is 34.0 Å². The standard InChI is InChI=1S/C17H15.C10H12SSi.2ClH.Zr/c1-12-6-8-14(9-7-12)16-5-3-4-15-10-13(2)11-17(15)16;1-6-9-7-4-5-11-8(7)10(6)12(9,2)3;;;/h3-11H,1-2H3;4-5,10H,1-3H3;2*1H;/q-1;;;;+3/p-2. The predicted octanol–water partition coefficient (Wildman–Crippen LogP) is 2.27. The van der Waals surface area contributed by atoms with Gasteiger partial charge in [-0.1, -0.05) is 72.2 Å². The molecule has 163 valence electrons. The van der Waals surface area contributed by atoms with Crippen LogP contribution in [0.3, 0.4) is 0 Å². The van der Waals surface area contributed by atoms with E-state index >= 15 is 0 Å². The van der Waals surface area contributed by atoms with Gasteiger partial charge in [-0.2, -0.15) is 6.07 Å². The van der Waals surface area contributed by atoms with Crippen molar-refractivity contribution in [3.63, 3.8) is 0 Å². The van der Waals surface area contributed by atoms with E-state index in [4.69, 9.17) is 0 Å². The van der Waals surface area contributed by atoms with Crippen molar-refractivity contribution >= 4 is 35.4 Å². The van der Waals surface area contributed by atoms with Crippen LogP contribution in [0.25, 0.3) is 27.1 Å². The zero-order valence-electron chi connectivity index (χ0n) is 19.1. The first-order valence-electron chi connectivity index (χ1n) is 10.4. The minimum Gasteiger partial charge on any atom is -1.00 e. The van der Waals surface area contributed by atoms with Crippen LogP contribution in [0.2, 0.25) is 13.1 Å². The maximum absolute atomic E-state index is 2.51. The Bertz CT molecular complexity index is 1260. The third-order valence-corrected chi connectivity index (χ3v) is 12.0. The van der Waals surface area contributed by atoms with E-state index in [0.29, 0.717) is 0 Å². The van der Waals surface area contributed by atoms with Crippen molar-refractivity contribution in [1.29, 1.82) is 0 Å². The van der Waals surface area contributed by atoms with E-state index in [1.807, 2.05) is 11.3 Å². The molecule has 0 N–H and O–H groups in total. The van der Waals surface area contributed by atoms with Gasteiger partial charge in [-0.15, -0.1) is 45.9 Å². The van der Waals surface area contributed by atoms with Crippen molar-refractivity contribution in [3.05, 3.63) is 93.2 Å². The number of aryl methyl sites for hydroxylation is 2. The molecule has 7 rings (SSSR count). The number of allylic oxidation sites excluding steroid dienone is 1. The fraction of sp³-hybridized carbons (Fsp3) is 0.222. The maximum Gasteiger partial charge on any atom is 3.00 e. The summed E-state index contributed by atoms with van der Waals surface area (Å²) in [5.41, 5.74) is 9.46. The van der Waals surface area contributed by atoms with Gasteiger partial charge in [0.05, 0.1) is 8.07 Å². The van der Waals surface area contributed by atoms with Gasteiger partial charge in [-0.05, 0) is 36.4 Å². The molecular formula is C27H27Cl2SSiZr. The summed E-state index contributed by atoms with van der Waals surface area (Å²) in [4.78, 5) is 1.68. The zero-order valence-corrected chi connectivity index (χ0v) is 24.9. The third-order valence-electron chi connectivity index (χ3n) is 6.68. The van der Waals surface area contributed by atoms with Crippen LogP contribution in [0.15, 0.2) is 71.6 Å². The van der Waals surface area contributed by atoms with Crippen molar-refractivity contribution in [3.8, 4) is 11.1 Å². The van der Waals surface area contributed by atoms with Crippen LogP contribution in [-0.4, -0.2) is 8.07 Å². The molecule has 5 heteroatoms. The number of fused-ring (bicyclic) bond motifs is 1. The monoisotopic (exact) mass is 571 g/mol. The van der Waals surface area contributed by atoms with Crippen molar-refractivity contribution in [1.82, 2.24) is 0 Å². The zero-order chi connectivity index (χ0) is 20.3. The second-order valence-corrected chi connectivity index (χ2v) is 14.6. The molecule has 1 unspecified atom stereocenters. The largest absolute Gasteiger partial charge is 3.00 e. The first-order valence-corrected chi connectivity index (χ1v) is 14.4. The van der Waals surface area contributed by atoms with E-state index in [1.54, 1.807) is 21.2 Å². The number of hydrogen-bond acceptors (Lipinski definition) is 1. The molecule has 1 aliphatic carbocycles. The molecule has 2 bridgehead atoms. The second kappa shape index (κ2) is 10.2. The summed E-state index contributed by atoms with van der Waals surface area (Å²) in [5, 5.41) is 6.70. The quantitative estimate of drug-likeness (QED) is 0.242. The molecule has 0 nitrogen and oxygen atoms in total. The van der Waals surface area contributed by atoms with Crippen LogP contribution >= 0.6 is 11.3 Å². The van der Waals surface area contributed by atoms with E-state index in [9.17, 15) is 0 Å². The van der Waals surface area contributed by atoms with Crippen molar-refractivity contribution in [2.45, 2.75) is 39.4 Å². The Morgan fingerprint density at radius 1 is 0.875 bits per heavy atom. The van der Waals surface area contributed by atoms with E-state index in [0.717, 1.165) is 5.54 Å². The number of hydrogen-bond donors (Lipinski definition) is 0. The van der Waals surface area contributed by atoms with Gasteiger partial charge < -0.3 is 24.8 Å². The first-order chi connectivity index (χ1) is 13.9. The SMILES string of the molecule is CC1=C2c3ccsc3C1[Si]2(C)C.Cc1ccc(-c2cccc3[cH-]c(C)cc23)cc1.[Cl-].[Cl-].[Zr+3]. The summed E-state index contributed by atoms with van der Waals surface area (Å²) in [6, 6.07) is 22.1. The summed E-state index contributed by atoms with van der Waals surface area (Å²) >= 11 is 1.96. The maximum atomic E-state index is 2.51. The molecule has 0 fully saturated rings. The second-order valence-electron chi connectivity index (χ2n) is 9.12. The third kappa shape index (κ3) is 4.32. The summed E-state index contributed by atoms with van der Waals surface area (Å²) in [6.07, 6.45) is 0. The molecule has 4 aromatic rings. The van der Waals surface area contributed by atoms with Gasteiger partial charge in [-0.3, -0.25) is 0 Å². The summed E-state index contributed by atoms with van der Waals surface area (Å²) < 4.78 is 0. The number of benzene rings is 2. The first kappa shape index (κ1) is 27.4. The van der Waals surface area contributed by atoms with Gasteiger partial charge >= 0.3 is 26.2 Å². The minimum atomic E-state index is -0.972. The smallest absolute Gasteiger partial charge is 1.00 e. The molecule has 3 aliphatic rings. The minimum absolute atomic E-state index is 0. The number of halogens is 2. The van der Waals surface area contributed by atoms with Crippen LogP contribution in [0, 0.1) is 13.8 Å². The van der Waals surface area contributed by atoms with Crippen LogP contribution < -0.4 is 24.8 Å². The Morgan fingerprint density at radius 2 is 1.56 bits per heavy atom. The van der Waals surface area contributed by atoms with Gasteiger partial charge in [0, 0.05) is 10.4 Å². The van der Waals surface area contributed by atoms with E-state index in [2.05, 4.69) is 99.9 Å². The Hall–Kier alpha value is -0.830. The molecule has 32 heavy (non-hydrogen) atoms. The fourth-order valence-electron chi connectivity index (χ4n) is 5.46. The Labute approximate surface area is 228 Å². The topological polar surface area (TPSA) is 0 Å². The Balaban J connectivity index is 0.000000216. The van der Waals surface area contributed by atoms with Crippen LogP contribution in [-0.2, 0) is 26.2 Å². The van der Waals surface area contributed by atoms with Gasteiger partial charge in [0.15, 0.2) is 0 Å². The molecule has 3 aromatic carbocycles. The molecule has 0 saturated heterocycles. The summed E-state index contributed by atoms with van der Waals surface area (Å²) in [7, 11) is -0.972. The molecular weight excluding hydrogens is 547 g/mol. The average molecular weight is 574 g/mol. The number of rotatable bonds is 1. The Kier molecular flexibility index (Phi) is 8.74. The molecule has 2 aliphatic heterocycles. The van der Waals surface area contributed by atoms with Crippen LogP contribution in [0.4, 0.5) is 0 Å². The fourth-order valence-corrected chi connectivity index (χ4v) is 11.8. The van der Waals surface area contributed by atoms with Gasteiger partial charge in [0.2, 0.25) is 0 Å². The molecule has 3 heterocycles. The molecule has 0 saturated carbocycles. The van der Waals surface area contributed by atoms with E-state index in [1.165, 1.54) is 33.0 Å². The van der Waals surface area contributed by atoms with Gasteiger partial charge in [-0.25, -0.2) is 0 Å². The molecule has 1 radical (unpaired) electrons. The summed E-state index contributed by atoms with van der Waals surface area (Å²) in [6.45, 7) is 11.6. The molecule has 1 aromatic heterocycles. The van der Waals surface area contributed by atoms with E-state index in [-0.39, 0.29) is 51.0 Å².